The zero-order valence-electron chi connectivity index (χ0n) is 11.7. The zero-order valence-corrected chi connectivity index (χ0v) is 12.4. The maximum Gasteiger partial charge on any atom is 0.244 e. The standard InChI is InChI=1S/C16H22ClNO/c1-3-4-5-7-13(2)18-16(19)11-10-14-8-6-9-15(17)12-14/h6,8-13H,3-5,7H2,1-2H3,(H,18,19). The second-order valence-electron chi connectivity index (χ2n) is 4.79. The van der Waals surface area contributed by atoms with Gasteiger partial charge in [-0.25, -0.2) is 0 Å². The molecule has 1 unspecified atom stereocenters. The molecule has 1 atom stereocenters. The van der Waals surface area contributed by atoms with Crippen LogP contribution in [-0.2, 0) is 4.79 Å². The second kappa shape index (κ2) is 8.76. The monoisotopic (exact) mass is 279 g/mol. The SMILES string of the molecule is CCCCCC(C)NC(=O)C=Cc1cccc(Cl)c1. The quantitative estimate of drug-likeness (QED) is 0.580. The molecular weight excluding hydrogens is 258 g/mol. The molecular formula is C16H22ClNO. The summed E-state index contributed by atoms with van der Waals surface area (Å²) in [6.45, 7) is 4.22. The predicted octanol–water partition coefficient (Wildman–Crippen LogP) is 4.44. The third-order valence-corrected chi connectivity index (χ3v) is 3.14. The van der Waals surface area contributed by atoms with E-state index in [-0.39, 0.29) is 11.9 Å². The summed E-state index contributed by atoms with van der Waals surface area (Å²) in [6, 6.07) is 7.65. The van der Waals surface area contributed by atoms with E-state index in [1.54, 1.807) is 12.2 Å². The summed E-state index contributed by atoms with van der Waals surface area (Å²) in [6.07, 6.45) is 7.95. The zero-order chi connectivity index (χ0) is 14.1. The van der Waals surface area contributed by atoms with Crippen molar-refractivity contribution in [2.75, 3.05) is 0 Å². The van der Waals surface area contributed by atoms with Crippen LogP contribution in [0, 0.1) is 0 Å². The lowest BCUT2D eigenvalue weighted by Crippen LogP contribution is -2.30. The normalized spacial score (nSPS) is 12.6. The third kappa shape index (κ3) is 7.02. The number of benzene rings is 1. The van der Waals surface area contributed by atoms with Gasteiger partial charge in [-0.05, 0) is 37.1 Å². The van der Waals surface area contributed by atoms with Crippen molar-refractivity contribution in [1.29, 1.82) is 0 Å². The van der Waals surface area contributed by atoms with E-state index in [2.05, 4.69) is 12.2 Å². The molecule has 0 aliphatic carbocycles. The highest BCUT2D eigenvalue weighted by Crippen LogP contribution is 2.11. The molecule has 104 valence electrons. The Morgan fingerprint density at radius 2 is 2.21 bits per heavy atom. The van der Waals surface area contributed by atoms with E-state index in [9.17, 15) is 4.79 Å². The van der Waals surface area contributed by atoms with Crippen LogP contribution in [0.3, 0.4) is 0 Å². The van der Waals surface area contributed by atoms with Gasteiger partial charge in [0.25, 0.3) is 0 Å². The number of halogens is 1. The molecule has 0 saturated heterocycles. The first kappa shape index (κ1) is 15.8. The maximum absolute atomic E-state index is 11.7. The Balaban J connectivity index is 2.38. The Morgan fingerprint density at radius 3 is 2.89 bits per heavy atom. The molecule has 1 amide bonds. The van der Waals surface area contributed by atoms with Crippen LogP contribution in [0.1, 0.15) is 45.1 Å². The Morgan fingerprint density at radius 1 is 1.42 bits per heavy atom. The van der Waals surface area contributed by atoms with Crippen molar-refractivity contribution < 1.29 is 4.79 Å². The van der Waals surface area contributed by atoms with Crippen LogP contribution in [0.2, 0.25) is 5.02 Å². The molecule has 0 fully saturated rings. The molecule has 3 heteroatoms. The molecule has 0 aliphatic heterocycles. The second-order valence-corrected chi connectivity index (χ2v) is 5.23. The topological polar surface area (TPSA) is 29.1 Å². The van der Waals surface area contributed by atoms with Crippen molar-refractivity contribution >= 4 is 23.6 Å². The van der Waals surface area contributed by atoms with E-state index >= 15 is 0 Å². The average Bonchev–Trinajstić information content (AvgIpc) is 2.37. The average molecular weight is 280 g/mol. The van der Waals surface area contributed by atoms with Crippen LogP contribution in [0.5, 0.6) is 0 Å². The van der Waals surface area contributed by atoms with Crippen molar-refractivity contribution in [3.8, 4) is 0 Å². The molecule has 0 aliphatic rings. The van der Waals surface area contributed by atoms with Gasteiger partial charge in [-0.3, -0.25) is 4.79 Å². The largest absolute Gasteiger partial charge is 0.350 e. The van der Waals surface area contributed by atoms with Crippen LogP contribution < -0.4 is 5.32 Å². The highest BCUT2D eigenvalue weighted by molar-refractivity contribution is 6.30. The van der Waals surface area contributed by atoms with Gasteiger partial charge in [-0.2, -0.15) is 0 Å². The van der Waals surface area contributed by atoms with Crippen molar-refractivity contribution in [2.24, 2.45) is 0 Å². The van der Waals surface area contributed by atoms with Crippen LogP contribution in [0.15, 0.2) is 30.3 Å². The first-order valence-electron chi connectivity index (χ1n) is 6.86. The first-order chi connectivity index (χ1) is 9.11. The van der Waals surface area contributed by atoms with Gasteiger partial charge in [-0.15, -0.1) is 0 Å². The van der Waals surface area contributed by atoms with Crippen LogP contribution in [-0.4, -0.2) is 11.9 Å². The molecule has 1 aromatic rings. The van der Waals surface area contributed by atoms with Crippen LogP contribution in [0.4, 0.5) is 0 Å². The smallest absolute Gasteiger partial charge is 0.244 e. The van der Waals surface area contributed by atoms with Gasteiger partial charge in [0.1, 0.15) is 0 Å². The van der Waals surface area contributed by atoms with Gasteiger partial charge >= 0.3 is 0 Å². The highest BCUT2D eigenvalue weighted by Gasteiger charge is 2.03. The van der Waals surface area contributed by atoms with E-state index in [4.69, 9.17) is 11.6 Å². The Hall–Kier alpha value is -1.28. The van der Waals surface area contributed by atoms with E-state index in [1.807, 2.05) is 31.2 Å². The van der Waals surface area contributed by atoms with E-state index in [0.29, 0.717) is 5.02 Å². The lowest BCUT2D eigenvalue weighted by molar-refractivity contribution is -0.117. The number of amides is 1. The molecule has 0 spiro atoms. The first-order valence-corrected chi connectivity index (χ1v) is 7.23. The molecule has 0 saturated carbocycles. The minimum absolute atomic E-state index is 0.0519. The summed E-state index contributed by atoms with van der Waals surface area (Å²) in [4.78, 5) is 11.7. The number of nitrogens with one attached hydrogen (secondary N) is 1. The van der Waals surface area contributed by atoms with Gasteiger partial charge in [0, 0.05) is 17.1 Å². The van der Waals surface area contributed by atoms with Gasteiger partial charge < -0.3 is 5.32 Å². The van der Waals surface area contributed by atoms with Gasteiger partial charge in [0.05, 0.1) is 0 Å². The molecule has 2 nitrogen and oxygen atoms in total. The fraction of sp³-hybridized carbons (Fsp3) is 0.438. The molecule has 1 N–H and O–H groups in total. The molecule has 0 heterocycles. The summed E-state index contributed by atoms with van der Waals surface area (Å²) >= 11 is 5.88. The maximum atomic E-state index is 11.7. The van der Waals surface area contributed by atoms with Crippen LogP contribution >= 0.6 is 11.6 Å². The summed E-state index contributed by atoms with van der Waals surface area (Å²) in [7, 11) is 0. The van der Waals surface area contributed by atoms with Gasteiger partial charge in [0.15, 0.2) is 0 Å². The molecule has 0 bridgehead atoms. The number of hydrogen-bond acceptors (Lipinski definition) is 1. The third-order valence-electron chi connectivity index (χ3n) is 2.91. The molecule has 0 radical (unpaired) electrons. The van der Waals surface area contributed by atoms with E-state index in [0.717, 1.165) is 18.4 Å². The van der Waals surface area contributed by atoms with Crippen molar-refractivity contribution in [3.05, 3.63) is 40.9 Å². The number of carbonyl (C=O) groups is 1. The Bertz CT molecular complexity index is 429. The van der Waals surface area contributed by atoms with Crippen molar-refractivity contribution in [2.45, 2.75) is 45.6 Å². The fourth-order valence-corrected chi connectivity index (χ4v) is 2.04. The van der Waals surface area contributed by atoms with E-state index < -0.39 is 0 Å². The number of rotatable bonds is 7. The van der Waals surface area contributed by atoms with Crippen molar-refractivity contribution in [3.63, 3.8) is 0 Å². The van der Waals surface area contributed by atoms with Gasteiger partial charge in [0.2, 0.25) is 5.91 Å². The van der Waals surface area contributed by atoms with Crippen LogP contribution in [0.25, 0.3) is 6.08 Å². The Kier molecular flexibility index (Phi) is 7.27. The summed E-state index contributed by atoms with van der Waals surface area (Å²) in [5.41, 5.74) is 0.932. The highest BCUT2D eigenvalue weighted by atomic mass is 35.5. The molecule has 0 aromatic heterocycles. The molecule has 19 heavy (non-hydrogen) atoms. The number of hydrogen-bond donors (Lipinski definition) is 1. The number of unbranched alkanes of at least 4 members (excludes halogenated alkanes) is 2. The lowest BCUT2D eigenvalue weighted by atomic mass is 10.1. The summed E-state index contributed by atoms with van der Waals surface area (Å²) in [5.74, 6) is -0.0519. The van der Waals surface area contributed by atoms with E-state index in [1.165, 1.54) is 12.8 Å². The minimum atomic E-state index is -0.0519. The lowest BCUT2D eigenvalue weighted by Gasteiger charge is -2.11. The minimum Gasteiger partial charge on any atom is -0.350 e. The Labute approximate surface area is 120 Å². The number of carbonyl (C=O) groups excluding carboxylic acids is 1. The molecule has 1 aromatic carbocycles. The van der Waals surface area contributed by atoms with Crippen molar-refractivity contribution in [1.82, 2.24) is 5.32 Å². The molecule has 1 rings (SSSR count). The predicted molar refractivity (Wildman–Crippen MR) is 82.2 cm³/mol. The van der Waals surface area contributed by atoms with Gasteiger partial charge in [-0.1, -0.05) is 49.9 Å². The fourth-order valence-electron chi connectivity index (χ4n) is 1.85. The summed E-state index contributed by atoms with van der Waals surface area (Å²) in [5, 5.41) is 3.64. The summed E-state index contributed by atoms with van der Waals surface area (Å²) < 4.78 is 0.